The van der Waals surface area contributed by atoms with Gasteiger partial charge in [0, 0.05) is 6.08 Å². The molecule has 0 aliphatic heterocycles. The van der Waals surface area contributed by atoms with Gasteiger partial charge in [0.05, 0.1) is 6.10 Å². The molecular weight excluding hydrogens is 224 g/mol. The monoisotopic (exact) mass is 254 g/mol. The van der Waals surface area contributed by atoms with Crippen LogP contribution in [0, 0.1) is 0 Å². The molecule has 2 nitrogen and oxygen atoms in total. The van der Waals surface area contributed by atoms with E-state index in [0.29, 0.717) is 0 Å². The molecule has 0 aromatic carbocycles. The Kier molecular flexibility index (Phi) is 12.1. The normalized spacial score (nSPS) is 12.8. The molecule has 0 spiro atoms. The number of hydrogen-bond acceptors (Lipinski definition) is 2. The Labute approximate surface area is 113 Å². The first-order valence-corrected chi connectivity index (χ1v) is 7.57. The van der Waals surface area contributed by atoms with Gasteiger partial charge in [-0.3, -0.25) is 0 Å². The van der Waals surface area contributed by atoms with Gasteiger partial charge in [-0.25, -0.2) is 4.79 Å². The van der Waals surface area contributed by atoms with Gasteiger partial charge in [-0.2, -0.15) is 0 Å². The average molecular weight is 254 g/mol. The second kappa shape index (κ2) is 12.7. The van der Waals surface area contributed by atoms with E-state index in [4.69, 9.17) is 4.74 Å². The third kappa shape index (κ3) is 11.7. The number of unbranched alkanes of at least 4 members (excludes halogenated alkanes) is 7. The second-order valence-electron chi connectivity index (χ2n) is 4.97. The molecule has 18 heavy (non-hydrogen) atoms. The molecular formula is C16H30O2. The van der Waals surface area contributed by atoms with Gasteiger partial charge in [0.1, 0.15) is 0 Å². The summed E-state index contributed by atoms with van der Waals surface area (Å²) in [6, 6.07) is 0. The zero-order valence-electron chi connectivity index (χ0n) is 12.4. The molecule has 0 aromatic heterocycles. The van der Waals surface area contributed by atoms with Crippen LogP contribution in [0.5, 0.6) is 0 Å². The van der Waals surface area contributed by atoms with Crippen LogP contribution in [0.3, 0.4) is 0 Å². The van der Waals surface area contributed by atoms with Crippen molar-refractivity contribution in [2.45, 2.75) is 84.7 Å². The van der Waals surface area contributed by atoms with Gasteiger partial charge in [-0.05, 0) is 26.2 Å². The number of esters is 1. The fraction of sp³-hybridized carbons (Fsp3) is 0.812. The number of rotatable bonds is 11. The zero-order chi connectivity index (χ0) is 13.6. The maximum absolute atomic E-state index is 11.3. The summed E-state index contributed by atoms with van der Waals surface area (Å²) in [5, 5.41) is 0. The van der Waals surface area contributed by atoms with Gasteiger partial charge in [-0.1, -0.05) is 58.4 Å². The molecule has 0 bridgehead atoms. The Morgan fingerprint density at radius 2 is 1.67 bits per heavy atom. The van der Waals surface area contributed by atoms with Crippen molar-refractivity contribution in [1.82, 2.24) is 0 Å². The quantitative estimate of drug-likeness (QED) is 0.294. The summed E-state index contributed by atoms with van der Waals surface area (Å²) in [4.78, 5) is 11.3. The van der Waals surface area contributed by atoms with Crippen LogP contribution in [0.4, 0.5) is 0 Å². The lowest BCUT2D eigenvalue weighted by molar-refractivity contribution is -0.142. The molecule has 0 N–H and O–H groups in total. The summed E-state index contributed by atoms with van der Waals surface area (Å²) in [7, 11) is 0. The summed E-state index contributed by atoms with van der Waals surface area (Å²) in [6.45, 7) is 6.17. The molecule has 1 atom stereocenters. The first-order valence-electron chi connectivity index (χ1n) is 7.57. The van der Waals surface area contributed by atoms with Crippen LogP contribution in [0.1, 0.15) is 78.6 Å². The van der Waals surface area contributed by atoms with Crippen LogP contribution in [0.25, 0.3) is 0 Å². The van der Waals surface area contributed by atoms with E-state index >= 15 is 0 Å². The number of allylic oxidation sites excluding steroid dienone is 1. The highest BCUT2D eigenvalue weighted by molar-refractivity contribution is 5.81. The molecule has 0 unspecified atom stereocenters. The first-order chi connectivity index (χ1) is 8.70. The van der Waals surface area contributed by atoms with Crippen molar-refractivity contribution in [2.24, 2.45) is 0 Å². The minimum absolute atomic E-state index is 0.0284. The predicted molar refractivity (Wildman–Crippen MR) is 77.6 cm³/mol. The van der Waals surface area contributed by atoms with E-state index in [2.05, 4.69) is 6.92 Å². The number of carbonyl (C=O) groups is 1. The van der Waals surface area contributed by atoms with Crippen molar-refractivity contribution >= 4 is 5.97 Å². The second-order valence-corrected chi connectivity index (χ2v) is 4.97. The van der Waals surface area contributed by atoms with Gasteiger partial charge in [0.15, 0.2) is 0 Å². The van der Waals surface area contributed by atoms with E-state index in [0.717, 1.165) is 12.8 Å². The Morgan fingerprint density at radius 3 is 2.28 bits per heavy atom. The highest BCUT2D eigenvalue weighted by Gasteiger charge is 2.02. The number of hydrogen-bond donors (Lipinski definition) is 0. The van der Waals surface area contributed by atoms with Crippen LogP contribution in [-0.2, 0) is 9.53 Å². The van der Waals surface area contributed by atoms with Crippen molar-refractivity contribution in [3.8, 4) is 0 Å². The standard InChI is InChI=1S/C16H30O2/c1-4-6-7-8-9-10-11-12-13-14-16(17)18-15(3)5-2/h13-15H,4-12H2,1-3H3/t15-/m0/s1. The summed E-state index contributed by atoms with van der Waals surface area (Å²) < 4.78 is 5.15. The summed E-state index contributed by atoms with van der Waals surface area (Å²) in [5.41, 5.74) is 0. The predicted octanol–water partition coefficient (Wildman–Crippen LogP) is 5.03. The van der Waals surface area contributed by atoms with E-state index < -0.39 is 0 Å². The maximum atomic E-state index is 11.3. The fourth-order valence-electron chi connectivity index (χ4n) is 1.72. The Bertz CT molecular complexity index is 221. The number of ether oxygens (including phenoxy) is 1. The lowest BCUT2D eigenvalue weighted by atomic mass is 10.1. The third-order valence-electron chi connectivity index (χ3n) is 3.12. The molecule has 0 saturated heterocycles. The van der Waals surface area contributed by atoms with E-state index in [-0.39, 0.29) is 12.1 Å². The molecule has 0 radical (unpaired) electrons. The SMILES string of the molecule is CCCCCCCCCC=CC(=O)O[C@@H](C)CC. The fourth-order valence-corrected chi connectivity index (χ4v) is 1.72. The molecule has 106 valence electrons. The van der Waals surface area contributed by atoms with E-state index in [1.54, 1.807) is 6.08 Å². The molecule has 0 rings (SSSR count). The van der Waals surface area contributed by atoms with Crippen LogP contribution in [-0.4, -0.2) is 12.1 Å². The average Bonchev–Trinajstić information content (AvgIpc) is 2.36. The van der Waals surface area contributed by atoms with E-state index in [9.17, 15) is 4.79 Å². The molecule has 0 aromatic rings. The number of carbonyl (C=O) groups excluding carboxylic acids is 1. The van der Waals surface area contributed by atoms with Crippen molar-refractivity contribution in [3.63, 3.8) is 0 Å². The lowest BCUT2D eigenvalue weighted by Crippen LogP contribution is -2.11. The Balaban J connectivity index is 3.34. The minimum Gasteiger partial charge on any atom is -0.460 e. The first kappa shape index (κ1) is 17.2. The molecule has 0 amide bonds. The smallest absolute Gasteiger partial charge is 0.330 e. The summed E-state index contributed by atoms with van der Waals surface area (Å²) >= 11 is 0. The molecule has 0 fully saturated rings. The van der Waals surface area contributed by atoms with Gasteiger partial charge < -0.3 is 4.74 Å². The van der Waals surface area contributed by atoms with Crippen molar-refractivity contribution in [1.29, 1.82) is 0 Å². The van der Waals surface area contributed by atoms with Crippen LogP contribution in [0.15, 0.2) is 12.2 Å². The topological polar surface area (TPSA) is 26.3 Å². The summed E-state index contributed by atoms with van der Waals surface area (Å²) in [5.74, 6) is -0.202. The van der Waals surface area contributed by atoms with Crippen LogP contribution < -0.4 is 0 Å². The highest BCUT2D eigenvalue weighted by atomic mass is 16.5. The Morgan fingerprint density at radius 1 is 1.06 bits per heavy atom. The molecule has 2 heteroatoms. The largest absolute Gasteiger partial charge is 0.460 e. The molecule has 0 aliphatic carbocycles. The zero-order valence-corrected chi connectivity index (χ0v) is 12.4. The summed E-state index contributed by atoms with van der Waals surface area (Å²) in [6.07, 6.45) is 14.6. The highest BCUT2D eigenvalue weighted by Crippen LogP contribution is 2.08. The van der Waals surface area contributed by atoms with Gasteiger partial charge >= 0.3 is 5.97 Å². The van der Waals surface area contributed by atoms with Gasteiger partial charge in [-0.15, -0.1) is 0 Å². The van der Waals surface area contributed by atoms with Crippen LogP contribution >= 0.6 is 0 Å². The van der Waals surface area contributed by atoms with Crippen molar-refractivity contribution < 1.29 is 9.53 Å². The van der Waals surface area contributed by atoms with Gasteiger partial charge in [0.25, 0.3) is 0 Å². The van der Waals surface area contributed by atoms with Crippen LogP contribution in [0.2, 0.25) is 0 Å². The van der Waals surface area contributed by atoms with Crippen molar-refractivity contribution in [2.75, 3.05) is 0 Å². The Hall–Kier alpha value is -0.790. The molecule has 0 heterocycles. The maximum Gasteiger partial charge on any atom is 0.330 e. The minimum atomic E-state index is -0.202. The van der Waals surface area contributed by atoms with E-state index in [1.807, 2.05) is 19.9 Å². The van der Waals surface area contributed by atoms with Gasteiger partial charge in [0.2, 0.25) is 0 Å². The molecule has 0 saturated carbocycles. The van der Waals surface area contributed by atoms with E-state index in [1.165, 1.54) is 44.9 Å². The van der Waals surface area contributed by atoms with Crippen molar-refractivity contribution in [3.05, 3.63) is 12.2 Å². The third-order valence-corrected chi connectivity index (χ3v) is 3.12. The lowest BCUT2D eigenvalue weighted by Gasteiger charge is -2.07. The molecule has 0 aliphatic rings.